The number of ether oxygens (including phenoxy) is 4. The summed E-state index contributed by atoms with van der Waals surface area (Å²) in [6, 6.07) is 21.2. The van der Waals surface area contributed by atoms with Crippen molar-refractivity contribution in [2.24, 2.45) is 0 Å². The van der Waals surface area contributed by atoms with Crippen molar-refractivity contribution >= 4 is 17.6 Å². The second-order valence-electron chi connectivity index (χ2n) is 10.1. The van der Waals surface area contributed by atoms with Crippen molar-refractivity contribution < 1.29 is 28.5 Å². The first-order valence-corrected chi connectivity index (χ1v) is 14.0. The number of benzene rings is 3. The Balaban J connectivity index is 1.27. The Kier molecular flexibility index (Phi) is 9.26. The van der Waals surface area contributed by atoms with Gasteiger partial charge in [-0.3, -0.25) is 9.69 Å². The quantitative estimate of drug-likeness (QED) is 0.364. The maximum absolute atomic E-state index is 13.6. The smallest absolute Gasteiger partial charge is 0.324 e. The van der Waals surface area contributed by atoms with Gasteiger partial charge in [0.25, 0.3) is 0 Å². The predicted molar refractivity (Wildman–Crippen MR) is 156 cm³/mol. The molecule has 0 radical (unpaired) electrons. The first-order valence-electron chi connectivity index (χ1n) is 14.0. The van der Waals surface area contributed by atoms with Crippen molar-refractivity contribution in [3.05, 3.63) is 83.4 Å². The average molecular weight is 560 g/mol. The van der Waals surface area contributed by atoms with Crippen LogP contribution in [-0.2, 0) is 29.1 Å². The zero-order valence-electron chi connectivity index (χ0n) is 23.7. The molecule has 2 aliphatic rings. The van der Waals surface area contributed by atoms with Gasteiger partial charge in [0.2, 0.25) is 5.91 Å². The van der Waals surface area contributed by atoms with E-state index in [0.29, 0.717) is 76.2 Å². The summed E-state index contributed by atoms with van der Waals surface area (Å²) in [6.07, 6.45) is 1.13. The number of methoxy groups -OCH3 is 2. The summed E-state index contributed by atoms with van der Waals surface area (Å²) in [5.74, 6) is 1.95. The highest BCUT2D eigenvalue weighted by Crippen LogP contribution is 2.34. The molecule has 3 aromatic carbocycles. The fraction of sp³-hybridized carbons (Fsp3) is 0.375. The molecule has 9 heteroatoms. The van der Waals surface area contributed by atoms with E-state index in [1.807, 2.05) is 76.5 Å². The Labute approximate surface area is 241 Å². The van der Waals surface area contributed by atoms with Crippen LogP contribution in [0, 0.1) is 0 Å². The van der Waals surface area contributed by atoms with Crippen LogP contribution in [0.25, 0.3) is 0 Å². The highest BCUT2D eigenvalue weighted by atomic mass is 16.5. The lowest BCUT2D eigenvalue weighted by Gasteiger charge is -2.36. The van der Waals surface area contributed by atoms with E-state index < -0.39 is 0 Å². The number of rotatable bonds is 10. The SMILES string of the molecule is COc1cc(CC(=O)N2CCOCC2)ccc1CN1CCCN(c2ccc(OC)c(OCc3ccccc3)c2)C1=O. The van der Waals surface area contributed by atoms with Gasteiger partial charge in [-0.05, 0) is 35.7 Å². The number of morpholine rings is 1. The lowest BCUT2D eigenvalue weighted by molar-refractivity contribution is -0.134. The number of amides is 3. The molecule has 0 aliphatic carbocycles. The van der Waals surface area contributed by atoms with Crippen LogP contribution in [-0.4, -0.2) is 75.4 Å². The van der Waals surface area contributed by atoms with Crippen molar-refractivity contribution in [3.63, 3.8) is 0 Å². The molecule has 2 fully saturated rings. The van der Waals surface area contributed by atoms with Crippen LogP contribution in [0.3, 0.4) is 0 Å². The largest absolute Gasteiger partial charge is 0.496 e. The molecule has 0 spiro atoms. The molecule has 0 atom stereocenters. The molecule has 2 heterocycles. The third kappa shape index (κ3) is 6.92. The van der Waals surface area contributed by atoms with Crippen LogP contribution in [0.4, 0.5) is 10.5 Å². The Bertz CT molecular complexity index is 1340. The van der Waals surface area contributed by atoms with Gasteiger partial charge >= 0.3 is 6.03 Å². The summed E-state index contributed by atoms with van der Waals surface area (Å²) in [6.45, 7) is 4.45. The molecule has 2 saturated heterocycles. The Morgan fingerprint density at radius 2 is 1.61 bits per heavy atom. The van der Waals surface area contributed by atoms with Crippen LogP contribution >= 0.6 is 0 Å². The maximum atomic E-state index is 13.6. The highest BCUT2D eigenvalue weighted by molar-refractivity contribution is 5.93. The fourth-order valence-electron chi connectivity index (χ4n) is 5.18. The van der Waals surface area contributed by atoms with Crippen molar-refractivity contribution in [1.29, 1.82) is 0 Å². The van der Waals surface area contributed by atoms with Gasteiger partial charge in [0.05, 0.1) is 40.4 Å². The van der Waals surface area contributed by atoms with Crippen molar-refractivity contribution in [1.82, 2.24) is 9.80 Å². The van der Waals surface area contributed by atoms with Crippen molar-refractivity contribution in [3.8, 4) is 17.2 Å². The second kappa shape index (κ2) is 13.4. The number of carbonyl (C=O) groups is 2. The molecule has 0 N–H and O–H groups in total. The third-order valence-corrected chi connectivity index (χ3v) is 7.44. The monoisotopic (exact) mass is 559 g/mol. The van der Waals surface area contributed by atoms with Gasteiger partial charge in [-0.1, -0.05) is 42.5 Å². The predicted octanol–water partition coefficient (Wildman–Crippen LogP) is 4.52. The van der Waals surface area contributed by atoms with E-state index in [4.69, 9.17) is 18.9 Å². The standard InChI is InChI=1S/C32H37N3O6/c1-38-28-12-11-27(21-30(28)41-23-24-7-4-3-5-8-24)35-14-6-13-34(32(35)37)22-26-10-9-25(19-29(26)39-2)20-31(36)33-15-17-40-18-16-33/h3-5,7-12,19,21H,6,13-18,20,22-23H2,1-2H3. The Morgan fingerprint density at radius 1 is 0.829 bits per heavy atom. The summed E-state index contributed by atoms with van der Waals surface area (Å²) in [4.78, 5) is 31.8. The van der Waals surface area contributed by atoms with Crippen LogP contribution in [0.2, 0.25) is 0 Å². The molecule has 2 aliphatic heterocycles. The number of hydrogen-bond acceptors (Lipinski definition) is 6. The minimum Gasteiger partial charge on any atom is -0.496 e. The minimum absolute atomic E-state index is 0.0796. The summed E-state index contributed by atoms with van der Waals surface area (Å²) in [5, 5.41) is 0. The highest BCUT2D eigenvalue weighted by Gasteiger charge is 2.28. The third-order valence-electron chi connectivity index (χ3n) is 7.44. The van der Waals surface area contributed by atoms with Crippen LogP contribution in [0.5, 0.6) is 17.2 Å². The second-order valence-corrected chi connectivity index (χ2v) is 10.1. The number of hydrogen-bond donors (Lipinski definition) is 0. The van der Waals surface area contributed by atoms with Crippen molar-refractivity contribution in [2.45, 2.75) is 26.0 Å². The molecule has 9 nitrogen and oxygen atoms in total. The molecule has 3 aromatic rings. The molecule has 0 aromatic heterocycles. The first-order chi connectivity index (χ1) is 20.1. The molecular weight excluding hydrogens is 522 g/mol. The van der Waals surface area contributed by atoms with E-state index in [-0.39, 0.29) is 11.9 Å². The van der Waals surface area contributed by atoms with Gasteiger partial charge in [-0.15, -0.1) is 0 Å². The maximum Gasteiger partial charge on any atom is 0.324 e. The molecule has 0 unspecified atom stereocenters. The molecule has 0 saturated carbocycles. The van der Waals surface area contributed by atoms with Gasteiger partial charge in [-0.25, -0.2) is 4.79 Å². The number of anilines is 1. The average Bonchev–Trinajstić information content (AvgIpc) is 3.02. The molecule has 5 rings (SSSR count). The van der Waals surface area contributed by atoms with E-state index in [2.05, 4.69) is 0 Å². The summed E-state index contributed by atoms with van der Waals surface area (Å²) >= 11 is 0. The summed E-state index contributed by atoms with van der Waals surface area (Å²) in [5.41, 5.74) is 3.58. The van der Waals surface area contributed by atoms with E-state index in [1.165, 1.54) is 0 Å². The fourth-order valence-corrected chi connectivity index (χ4v) is 5.18. The van der Waals surface area contributed by atoms with E-state index in [9.17, 15) is 9.59 Å². The zero-order valence-corrected chi connectivity index (χ0v) is 23.7. The van der Waals surface area contributed by atoms with Gasteiger partial charge in [-0.2, -0.15) is 0 Å². The van der Waals surface area contributed by atoms with Crippen LogP contribution < -0.4 is 19.1 Å². The molecule has 0 bridgehead atoms. The van der Waals surface area contributed by atoms with Crippen molar-refractivity contribution in [2.75, 3.05) is 58.5 Å². The topological polar surface area (TPSA) is 80.8 Å². The molecule has 3 amide bonds. The van der Waals surface area contributed by atoms with Crippen LogP contribution in [0.1, 0.15) is 23.1 Å². The lowest BCUT2D eigenvalue weighted by atomic mass is 10.1. The van der Waals surface area contributed by atoms with Gasteiger partial charge in [0, 0.05) is 43.5 Å². The summed E-state index contributed by atoms with van der Waals surface area (Å²) < 4.78 is 22.6. The summed E-state index contributed by atoms with van der Waals surface area (Å²) in [7, 11) is 3.22. The zero-order chi connectivity index (χ0) is 28.6. The molecule has 216 valence electrons. The first kappa shape index (κ1) is 28.3. The molecular formula is C32H37N3O6. The van der Waals surface area contributed by atoms with Gasteiger partial charge < -0.3 is 28.7 Å². The number of carbonyl (C=O) groups excluding carboxylic acids is 2. The number of urea groups is 1. The Hall–Kier alpha value is -4.24. The van der Waals surface area contributed by atoms with E-state index in [1.54, 1.807) is 19.1 Å². The van der Waals surface area contributed by atoms with Gasteiger partial charge in [0.1, 0.15) is 12.4 Å². The molecule has 41 heavy (non-hydrogen) atoms. The lowest BCUT2D eigenvalue weighted by Crippen LogP contribution is -2.49. The normalized spacial score (nSPS) is 15.6. The Morgan fingerprint density at radius 3 is 2.37 bits per heavy atom. The van der Waals surface area contributed by atoms with E-state index in [0.717, 1.165) is 28.8 Å². The minimum atomic E-state index is -0.0796. The van der Waals surface area contributed by atoms with E-state index >= 15 is 0 Å². The van der Waals surface area contributed by atoms with Gasteiger partial charge in [0.15, 0.2) is 11.5 Å². The number of nitrogens with zero attached hydrogens (tertiary/aromatic N) is 3. The van der Waals surface area contributed by atoms with Crippen LogP contribution in [0.15, 0.2) is 66.7 Å².